The smallest absolute Gasteiger partial charge is 0.171 e. The number of hydrogen-bond donors (Lipinski definition) is 1. The summed E-state index contributed by atoms with van der Waals surface area (Å²) in [5.41, 5.74) is 6.70. The van der Waals surface area contributed by atoms with Gasteiger partial charge in [-0.05, 0) is 31.9 Å². The number of pyridine rings is 1. The third kappa shape index (κ3) is 2.38. The molecule has 0 atom stereocenters. The molecule has 3 rings (SSSR count). The molecule has 1 aliphatic heterocycles. The quantitative estimate of drug-likeness (QED) is 0.903. The fraction of sp³-hybridized carbons (Fsp3) is 0.462. The Labute approximate surface area is 111 Å². The SMILES string of the molecule is Cc1ccc(OCc2nnc3n2CCCC3)c(N)n1. The van der Waals surface area contributed by atoms with Gasteiger partial charge >= 0.3 is 0 Å². The summed E-state index contributed by atoms with van der Waals surface area (Å²) < 4.78 is 7.83. The minimum absolute atomic E-state index is 0.377. The molecule has 6 nitrogen and oxygen atoms in total. The lowest BCUT2D eigenvalue weighted by Crippen LogP contribution is -2.14. The zero-order valence-corrected chi connectivity index (χ0v) is 11.0. The maximum Gasteiger partial charge on any atom is 0.171 e. The average Bonchev–Trinajstić information content (AvgIpc) is 2.81. The minimum atomic E-state index is 0.377. The first-order chi connectivity index (χ1) is 9.24. The average molecular weight is 259 g/mol. The van der Waals surface area contributed by atoms with Crippen LogP contribution in [0.15, 0.2) is 12.1 Å². The number of nitrogens with two attached hydrogens (primary N) is 1. The predicted octanol–water partition coefficient (Wildman–Crippen LogP) is 1.48. The third-order valence-electron chi connectivity index (χ3n) is 3.32. The van der Waals surface area contributed by atoms with Crippen molar-refractivity contribution in [1.29, 1.82) is 0 Å². The maximum absolute atomic E-state index is 5.82. The maximum atomic E-state index is 5.82. The summed E-state index contributed by atoms with van der Waals surface area (Å²) in [6.45, 7) is 3.25. The van der Waals surface area contributed by atoms with Crippen LogP contribution < -0.4 is 10.5 Å². The molecule has 0 amide bonds. The van der Waals surface area contributed by atoms with E-state index in [9.17, 15) is 0 Å². The number of ether oxygens (including phenoxy) is 1. The standard InChI is InChI=1S/C13H17N5O/c1-9-5-6-10(13(14)15-9)19-8-12-17-16-11-4-2-3-7-18(11)12/h5-6H,2-4,7-8H2,1H3,(H2,14,15). The van der Waals surface area contributed by atoms with Gasteiger partial charge in [-0.2, -0.15) is 0 Å². The number of aryl methyl sites for hydroxylation is 2. The summed E-state index contributed by atoms with van der Waals surface area (Å²) in [6, 6.07) is 3.72. The topological polar surface area (TPSA) is 78.9 Å². The number of hydrogen-bond acceptors (Lipinski definition) is 5. The van der Waals surface area contributed by atoms with E-state index < -0.39 is 0 Å². The van der Waals surface area contributed by atoms with E-state index in [1.807, 2.05) is 19.1 Å². The van der Waals surface area contributed by atoms with Crippen LogP contribution in [0.5, 0.6) is 5.75 Å². The van der Waals surface area contributed by atoms with Crippen molar-refractivity contribution in [2.24, 2.45) is 0 Å². The van der Waals surface area contributed by atoms with Gasteiger partial charge in [-0.1, -0.05) is 0 Å². The molecule has 0 fully saturated rings. The van der Waals surface area contributed by atoms with Crippen LogP contribution in [0, 0.1) is 6.92 Å². The van der Waals surface area contributed by atoms with Gasteiger partial charge in [-0.25, -0.2) is 4.98 Å². The minimum Gasteiger partial charge on any atom is -0.482 e. The normalized spacial score (nSPS) is 14.2. The second-order valence-electron chi connectivity index (χ2n) is 4.77. The van der Waals surface area contributed by atoms with Gasteiger partial charge < -0.3 is 15.0 Å². The summed E-state index contributed by atoms with van der Waals surface area (Å²) in [5, 5.41) is 8.38. The molecule has 100 valence electrons. The Morgan fingerprint density at radius 3 is 3.05 bits per heavy atom. The fourth-order valence-electron chi connectivity index (χ4n) is 2.30. The van der Waals surface area contributed by atoms with Crippen LogP contribution in [-0.4, -0.2) is 19.7 Å². The summed E-state index contributed by atoms with van der Waals surface area (Å²) in [5.74, 6) is 2.92. The molecule has 0 saturated heterocycles. The summed E-state index contributed by atoms with van der Waals surface area (Å²) in [7, 11) is 0. The van der Waals surface area contributed by atoms with E-state index >= 15 is 0 Å². The Hall–Kier alpha value is -2.11. The van der Waals surface area contributed by atoms with E-state index in [0.29, 0.717) is 18.2 Å². The van der Waals surface area contributed by atoms with Crippen LogP contribution in [0.1, 0.15) is 30.2 Å². The van der Waals surface area contributed by atoms with Gasteiger partial charge in [-0.3, -0.25) is 0 Å². The molecule has 0 unspecified atom stereocenters. The van der Waals surface area contributed by atoms with Crippen molar-refractivity contribution in [3.8, 4) is 5.75 Å². The van der Waals surface area contributed by atoms with Crippen LogP contribution >= 0.6 is 0 Å². The van der Waals surface area contributed by atoms with E-state index in [4.69, 9.17) is 10.5 Å². The van der Waals surface area contributed by atoms with Gasteiger partial charge in [0.2, 0.25) is 0 Å². The zero-order chi connectivity index (χ0) is 13.2. The molecule has 0 radical (unpaired) electrons. The second kappa shape index (κ2) is 4.87. The van der Waals surface area contributed by atoms with Gasteiger partial charge in [-0.15, -0.1) is 10.2 Å². The first-order valence-corrected chi connectivity index (χ1v) is 6.51. The highest BCUT2D eigenvalue weighted by molar-refractivity contribution is 5.46. The van der Waals surface area contributed by atoms with Crippen LogP contribution in [0.25, 0.3) is 0 Å². The molecule has 19 heavy (non-hydrogen) atoms. The number of aromatic nitrogens is 4. The predicted molar refractivity (Wildman–Crippen MR) is 70.7 cm³/mol. The molecule has 0 saturated carbocycles. The lowest BCUT2D eigenvalue weighted by atomic mass is 10.2. The van der Waals surface area contributed by atoms with Crippen molar-refractivity contribution in [2.45, 2.75) is 39.3 Å². The zero-order valence-electron chi connectivity index (χ0n) is 11.0. The number of rotatable bonds is 3. The number of anilines is 1. The van der Waals surface area contributed by atoms with Gasteiger partial charge in [0.05, 0.1) is 0 Å². The highest BCUT2D eigenvalue weighted by atomic mass is 16.5. The van der Waals surface area contributed by atoms with Crippen LogP contribution in [0.4, 0.5) is 5.82 Å². The van der Waals surface area contributed by atoms with Crippen molar-refractivity contribution < 1.29 is 4.74 Å². The largest absolute Gasteiger partial charge is 0.482 e. The molecule has 6 heteroatoms. The van der Waals surface area contributed by atoms with E-state index in [-0.39, 0.29) is 0 Å². The van der Waals surface area contributed by atoms with Gasteiger partial charge in [0, 0.05) is 18.7 Å². The lowest BCUT2D eigenvalue weighted by Gasteiger charge is -2.15. The molecule has 0 bridgehead atoms. The molecule has 2 aromatic rings. The van der Waals surface area contributed by atoms with Crippen LogP contribution in [0.2, 0.25) is 0 Å². The fourth-order valence-corrected chi connectivity index (χ4v) is 2.30. The van der Waals surface area contributed by atoms with E-state index in [0.717, 1.165) is 30.3 Å². The molecular weight excluding hydrogens is 242 g/mol. The van der Waals surface area contributed by atoms with E-state index in [2.05, 4.69) is 19.7 Å². The van der Waals surface area contributed by atoms with Gasteiger partial charge in [0.15, 0.2) is 17.4 Å². The van der Waals surface area contributed by atoms with Crippen molar-refractivity contribution in [2.75, 3.05) is 5.73 Å². The molecule has 3 heterocycles. The van der Waals surface area contributed by atoms with Crippen molar-refractivity contribution in [3.05, 3.63) is 29.5 Å². The second-order valence-corrected chi connectivity index (χ2v) is 4.77. The molecule has 0 aliphatic carbocycles. The first-order valence-electron chi connectivity index (χ1n) is 6.51. The molecule has 1 aliphatic rings. The van der Waals surface area contributed by atoms with Crippen LogP contribution in [-0.2, 0) is 19.6 Å². The van der Waals surface area contributed by atoms with Crippen LogP contribution in [0.3, 0.4) is 0 Å². The van der Waals surface area contributed by atoms with Gasteiger partial charge in [0.25, 0.3) is 0 Å². The monoisotopic (exact) mass is 259 g/mol. The molecule has 2 N–H and O–H groups in total. The Kier molecular flexibility index (Phi) is 3.06. The summed E-state index contributed by atoms with van der Waals surface area (Å²) >= 11 is 0. The summed E-state index contributed by atoms with van der Waals surface area (Å²) in [4.78, 5) is 4.17. The van der Waals surface area contributed by atoms with E-state index in [1.54, 1.807) is 0 Å². The molecule has 0 spiro atoms. The third-order valence-corrected chi connectivity index (χ3v) is 3.32. The molecular formula is C13H17N5O. The van der Waals surface area contributed by atoms with Crippen molar-refractivity contribution >= 4 is 5.82 Å². The van der Waals surface area contributed by atoms with Crippen molar-refractivity contribution in [3.63, 3.8) is 0 Å². The Bertz CT molecular complexity index is 593. The Morgan fingerprint density at radius 2 is 2.21 bits per heavy atom. The Balaban J connectivity index is 1.74. The molecule has 0 aromatic carbocycles. The molecule has 2 aromatic heterocycles. The number of nitrogens with zero attached hydrogens (tertiary/aromatic N) is 4. The van der Waals surface area contributed by atoms with Gasteiger partial charge in [0.1, 0.15) is 12.4 Å². The highest BCUT2D eigenvalue weighted by Gasteiger charge is 2.16. The summed E-state index contributed by atoms with van der Waals surface area (Å²) in [6.07, 6.45) is 3.36. The van der Waals surface area contributed by atoms with E-state index in [1.165, 1.54) is 12.8 Å². The number of fused-ring (bicyclic) bond motifs is 1. The lowest BCUT2D eigenvalue weighted by molar-refractivity contribution is 0.286. The first kappa shape index (κ1) is 12.0. The Morgan fingerprint density at radius 1 is 1.32 bits per heavy atom. The highest BCUT2D eigenvalue weighted by Crippen LogP contribution is 2.21. The number of nitrogen functional groups attached to an aromatic ring is 1. The van der Waals surface area contributed by atoms with Crippen molar-refractivity contribution in [1.82, 2.24) is 19.7 Å².